The van der Waals surface area contributed by atoms with Gasteiger partial charge in [-0.1, -0.05) is 64.9 Å². The average Bonchev–Trinajstić information content (AvgIpc) is 2.17. The molecule has 1 heteroatoms. The molecular weight excluding hydrogens is 224 g/mol. The Morgan fingerprint density at radius 3 is 2.92 bits per heavy atom. The van der Waals surface area contributed by atoms with Gasteiger partial charge in [-0.3, -0.25) is 0 Å². The van der Waals surface area contributed by atoms with E-state index in [2.05, 4.69) is 59.3 Å². The lowest BCUT2D eigenvalue weighted by Gasteiger charge is -2.28. The summed E-state index contributed by atoms with van der Waals surface area (Å²) in [5, 5.41) is 0. The van der Waals surface area contributed by atoms with Crippen molar-refractivity contribution in [1.82, 2.24) is 0 Å². The van der Waals surface area contributed by atoms with Crippen molar-refractivity contribution in [3.8, 4) is 0 Å². The van der Waals surface area contributed by atoms with Crippen molar-refractivity contribution in [3.63, 3.8) is 0 Å². The molecule has 2 rings (SSSR count). The molecule has 0 N–H and O–H groups in total. The summed E-state index contributed by atoms with van der Waals surface area (Å²) in [6.45, 7) is 2.22. The second-order valence-corrected chi connectivity index (χ2v) is 4.49. The van der Waals surface area contributed by atoms with Crippen molar-refractivity contribution >= 4 is 15.9 Å². The second-order valence-electron chi connectivity index (χ2n) is 3.43. The molecule has 0 nitrogen and oxygen atoms in total. The zero-order chi connectivity index (χ0) is 9.26. The Hall–Kier alpha value is -0.560. The van der Waals surface area contributed by atoms with E-state index in [0.717, 1.165) is 6.42 Å². The van der Waals surface area contributed by atoms with Gasteiger partial charge in [-0.25, -0.2) is 0 Å². The molecule has 0 radical (unpaired) electrons. The first-order chi connectivity index (χ1) is 6.33. The predicted molar refractivity (Wildman–Crippen MR) is 60.9 cm³/mol. The molecule has 0 spiro atoms. The van der Waals surface area contributed by atoms with Crippen LogP contribution in [0.5, 0.6) is 0 Å². The van der Waals surface area contributed by atoms with Gasteiger partial charge in [-0.05, 0) is 12.0 Å². The van der Waals surface area contributed by atoms with E-state index in [0.29, 0.717) is 10.7 Å². The molecule has 0 amide bonds. The first-order valence-electron chi connectivity index (χ1n) is 4.72. The summed E-state index contributed by atoms with van der Waals surface area (Å²) >= 11 is 3.71. The Morgan fingerprint density at radius 1 is 1.31 bits per heavy atom. The van der Waals surface area contributed by atoms with Gasteiger partial charge >= 0.3 is 0 Å². The predicted octanol–water partition coefficient (Wildman–Crippen LogP) is 3.77. The zero-order valence-electron chi connectivity index (χ0n) is 7.70. The van der Waals surface area contributed by atoms with Crippen LogP contribution >= 0.6 is 15.9 Å². The molecule has 0 saturated heterocycles. The molecule has 0 aliphatic heterocycles. The summed E-state index contributed by atoms with van der Waals surface area (Å²) in [4.78, 5) is 0.476. The minimum absolute atomic E-state index is 0.476. The van der Waals surface area contributed by atoms with Crippen molar-refractivity contribution < 1.29 is 0 Å². The van der Waals surface area contributed by atoms with E-state index in [1.54, 1.807) is 0 Å². The molecule has 0 fully saturated rings. The highest BCUT2D eigenvalue weighted by atomic mass is 79.9. The van der Waals surface area contributed by atoms with Crippen molar-refractivity contribution in [2.24, 2.45) is 5.92 Å². The van der Waals surface area contributed by atoms with Gasteiger partial charge in [0, 0.05) is 10.7 Å². The summed E-state index contributed by atoms with van der Waals surface area (Å²) in [6.07, 6.45) is 14.3. The van der Waals surface area contributed by atoms with Gasteiger partial charge in [-0.15, -0.1) is 0 Å². The minimum atomic E-state index is 0.476. The molecule has 0 bridgehead atoms. The topological polar surface area (TPSA) is 0 Å². The molecule has 0 aromatic rings. The molecule has 0 aromatic carbocycles. The monoisotopic (exact) mass is 236 g/mol. The van der Waals surface area contributed by atoms with Crippen LogP contribution in [0, 0.1) is 5.92 Å². The molecular formula is C12H13Br. The maximum Gasteiger partial charge on any atom is 0.0434 e. The third kappa shape index (κ3) is 1.58. The minimum Gasteiger partial charge on any atom is -0.0835 e. The number of hydrogen-bond acceptors (Lipinski definition) is 0. The lowest BCUT2D eigenvalue weighted by atomic mass is 9.81. The van der Waals surface area contributed by atoms with Crippen molar-refractivity contribution in [3.05, 3.63) is 47.6 Å². The number of fused-ring (bicyclic) bond motifs is 1. The number of rotatable bonds is 1. The third-order valence-corrected chi connectivity index (χ3v) is 3.50. The molecule has 2 atom stereocenters. The van der Waals surface area contributed by atoms with Crippen LogP contribution in [0.1, 0.15) is 13.3 Å². The summed E-state index contributed by atoms with van der Waals surface area (Å²) in [6, 6.07) is 0. The Bertz CT molecular complexity index is 318. The number of hydrogen-bond donors (Lipinski definition) is 0. The first-order valence-corrected chi connectivity index (χ1v) is 5.64. The van der Waals surface area contributed by atoms with E-state index < -0.39 is 0 Å². The van der Waals surface area contributed by atoms with Gasteiger partial charge in [0.1, 0.15) is 0 Å². The highest BCUT2D eigenvalue weighted by molar-refractivity contribution is 9.09. The van der Waals surface area contributed by atoms with Gasteiger partial charge in [-0.2, -0.15) is 0 Å². The van der Waals surface area contributed by atoms with Crippen LogP contribution in [0.4, 0.5) is 0 Å². The van der Waals surface area contributed by atoms with E-state index in [9.17, 15) is 0 Å². The Labute approximate surface area is 87.9 Å². The van der Waals surface area contributed by atoms with Crippen molar-refractivity contribution in [2.75, 3.05) is 0 Å². The van der Waals surface area contributed by atoms with Crippen molar-refractivity contribution in [2.45, 2.75) is 18.2 Å². The fraction of sp³-hybridized carbons (Fsp3) is 0.333. The normalized spacial score (nSPS) is 30.9. The van der Waals surface area contributed by atoms with E-state index in [-0.39, 0.29) is 0 Å². The molecule has 2 aliphatic rings. The van der Waals surface area contributed by atoms with Crippen LogP contribution in [-0.4, -0.2) is 4.83 Å². The average molecular weight is 237 g/mol. The highest BCUT2D eigenvalue weighted by Crippen LogP contribution is 2.36. The van der Waals surface area contributed by atoms with Crippen LogP contribution in [0.2, 0.25) is 0 Å². The highest BCUT2D eigenvalue weighted by Gasteiger charge is 2.25. The number of halogens is 1. The molecule has 13 heavy (non-hydrogen) atoms. The summed E-state index contributed by atoms with van der Waals surface area (Å²) in [5.41, 5.74) is 2.96. The van der Waals surface area contributed by atoms with Gasteiger partial charge < -0.3 is 0 Å². The summed E-state index contributed by atoms with van der Waals surface area (Å²) in [5.74, 6) is 0.569. The second kappa shape index (κ2) is 3.67. The fourth-order valence-electron chi connectivity index (χ4n) is 1.97. The van der Waals surface area contributed by atoms with E-state index >= 15 is 0 Å². The molecule has 2 unspecified atom stereocenters. The SMILES string of the molecule is CCC1=CC=CC2=CC=CC(Br)C21. The van der Waals surface area contributed by atoms with Crippen LogP contribution in [0.25, 0.3) is 0 Å². The van der Waals surface area contributed by atoms with Crippen LogP contribution in [-0.2, 0) is 0 Å². The van der Waals surface area contributed by atoms with Crippen LogP contribution < -0.4 is 0 Å². The Kier molecular flexibility index (Phi) is 2.54. The third-order valence-electron chi connectivity index (χ3n) is 2.67. The van der Waals surface area contributed by atoms with Gasteiger partial charge in [0.2, 0.25) is 0 Å². The van der Waals surface area contributed by atoms with Crippen LogP contribution in [0.3, 0.4) is 0 Å². The maximum absolute atomic E-state index is 3.71. The maximum atomic E-state index is 3.71. The Balaban J connectivity index is 2.37. The lowest BCUT2D eigenvalue weighted by Crippen LogP contribution is -2.20. The van der Waals surface area contributed by atoms with E-state index in [4.69, 9.17) is 0 Å². The smallest absolute Gasteiger partial charge is 0.0434 e. The van der Waals surface area contributed by atoms with Gasteiger partial charge in [0.05, 0.1) is 0 Å². The fourth-order valence-corrected chi connectivity index (χ4v) is 2.79. The van der Waals surface area contributed by atoms with E-state index in [1.165, 1.54) is 11.1 Å². The van der Waals surface area contributed by atoms with Gasteiger partial charge in [0.25, 0.3) is 0 Å². The van der Waals surface area contributed by atoms with Crippen molar-refractivity contribution in [1.29, 1.82) is 0 Å². The zero-order valence-corrected chi connectivity index (χ0v) is 9.29. The number of allylic oxidation sites excluding steroid dienone is 8. The summed E-state index contributed by atoms with van der Waals surface area (Å²) in [7, 11) is 0. The van der Waals surface area contributed by atoms with E-state index in [1.807, 2.05) is 0 Å². The lowest BCUT2D eigenvalue weighted by molar-refractivity contribution is 0.719. The van der Waals surface area contributed by atoms with Gasteiger partial charge in [0.15, 0.2) is 0 Å². The Morgan fingerprint density at radius 2 is 2.15 bits per heavy atom. The first kappa shape index (κ1) is 9.01. The standard InChI is InChI=1S/C12H13Br/c1-2-9-5-3-6-10-7-4-8-11(13)12(9)10/h3-8,11-12H,2H2,1H3. The number of alkyl halides is 1. The molecule has 0 aromatic heterocycles. The molecule has 2 aliphatic carbocycles. The quantitative estimate of drug-likeness (QED) is 0.609. The molecule has 0 heterocycles. The molecule has 0 saturated carbocycles. The summed E-state index contributed by atoms with van der Waals surface area (Å²) < 4.78 is 0. The molecule has 68 valence electrons. The van der Waals surface area contributed by atoms with Crippen LogP contribution in [0.15, 0.2) is 47.6 Å². The largest absolute Gasteiger partial charge is 0.0835 e.